The van der Waals surface area contributed by atoms with Gasteiger partial charge in [0.15, 0.2) is 0 Å². The van der Waals surface area contributed by atoms with Gasteiger partial charge in [-0.05, 0) is 29.8 Å². The third kappa shape index (κ3) is 4.16. The van der Waals surface area contributed by atoms with Crippen LogP contribution in [0, 0.1) is 11.6 Å². The Balaban J connectivity index is 2.25. The van der Waals surface area contributed by atoms with Gasteiger partial charge in [0.1, 0.15) is 16.7 Å². The molecule has 0 aliphatic heterocycles. The summed E-state index contributed by atoms with van der Waals surface area (Å²) in [5.74, 6) is -2.28. The van der Waals surface area contributed by atoms with Gasteiger partial charge in [0.25, 0.3) is 5.91 Å². The van der Waals surface area contributed by atoms with E-state index in [2.05, 4.69) is 9.35 Å². The van der Waals surface area contributed by atoms with Crippen LogP contribution in [-0.4, -0.2) is 21.4 Å². The van der Waals surface area contributed by atoms with Gasteiger partial charge < -0.3 is 0 Å². The normalized spacial score (nSPS) is 13.5. The van der Waals surface area contributed by atoms with Crippen LogP contribution in [0.15, 0.2) is 52.0 Å². The molecule has 21 heavy (non-hydrogen) atoms. The molecule has 1 heterocycles. The van der Waals surface area contributed by atoms with Crippen LogP contribution in [0.2, 0.25) is 0 Å². The molecule has 0 spiro atoms. The van der Waals surface area contributed by atoms with Crippen LogP contribution < -0.4 is 0 Å². The van der Waals surface area contributed by atoms with E-state index in [-0.39, 0.29) is 17.0 Å². The molecule has 0 radical (unpaired) electrons. The van der Waals surface area contributed by atoms with E-state index in [0.29, 0.717) is 6.07 Å². The van der Waals surface area contributed by atoms with Gasteiger partial charge in [0, 0.05) is 18.5 Å². The maximum absolute atomic E-state index is 13.0. The summed E-state index contributed by atoms with van der Waals surface area (Å²) in [7, 11) is -2.97. The highest BCUT2D eigenvalue weighted by Crippen LogP contribution is 2.11. The highest BCUT2D eigenvalue weighted by atomic mass is 32.2. The number of benzene rings is 1. The molecular formula is C14H12F2N2O2S. The van der Waals surface area contributed by atoms with Crippen molar-refractivity contribution in [2.45, 2.75) is 11.4 Å². The maximum atomic E-state index is 13.0. The maximum Gasteiger partial charge on any atom is 0.258 e. The molecular weight excluding hydrogens is 298 g/mol. The lowest BCUT2D eigenvalue weighted by Gasteiger charge is -2.03. The molecule has 0 bridgehead atoms. The van der Waals surface area contributed by atoms with Crippen LogP contribution in [0.25, 0.3) is 0 Å². The Kier molecular flexibility index (Phi) is 4.42. The molecule has 1 amide bonds. The summed E-state index contributed by atoms with van der Waals surface area (Å²) in [6.07, 6.45) is 2.41. The molecule has 1 aromatic carbocycles. The summed E-state index contributed by atoms with van der Waals surface area (Å²) >= 11 is 0. The number of carbonyl (C=O) groups excluding carboxylic acids is 1. The largest absolute Gasteiger partial charge is 0.272 e. The third-order valence-electron chi connectivity index (χ3n) is 2.58. The van der Waals surface area contributed by atoms with Gasteiger partial charge >= 0.3 is 0 Å². The number of hydrogen-bond acceptors (Lipinski definition) is 3. The van der Waals surface area contributed by atoms with Gasteiger partial charge in [0.05, 0.1) is 16.1 Å². The van der Waals surface area contributed by atoms with E-state index in [1.807, 2.05) is 0 Å². The fourth-order valence-corrected chi connectivity index (χ4v) is 2.87. The number of halogens is 2. The van der Waals surface area contributed by atoms with Crippen LogP contribution in [0.5, 0.6) is 0 Å². The molecule has 1 aromatic heterocycles. The van der Waals surface area contributed by atoms with Gasteiger partial charge in [-0.2, -0.15) is 4.36 Å². The number of amides is 1. The molecule has 2 aromatic rings. The fourth-order valence-electron chi connectivity index (χ4n) is 1.73. The van der Waals surface area contributed by atoms with Gasteiger partial charge in [0.2, 0.25) is 0 Å². The fraction of sp³-hybridized carbons (Fsp3) is 0.143. The summed E-state index contributed by atoms with van der Waals surface area (Å²) in [4.78, 5) is 15.7. The van der Waals surface area contributed by atoms with Crippen molar-refractivity contribution in [1.29, 1.82) is 0 Å². The summed E-state index contributed by atoms with van der Waals surface area (Å²) in [5, 5.41) is 0.184. The molecule has 0 aliphatic rings. The van der Waals surface area contributed by atoms with Crippen molar-refractivity contribution in [3.05, 3.63) is 59.8 Å². The zero-order valence-corrected chi connectivity index (χ0v) is 11.9. The quantitative estimate of drug-likeness (QED) is 0.875. The lowest BCUT2D eigenvalue weighted by Crippen LogP contribution is -2.07. The first-order chi connectivity index (χ1) is 9.87. The van der Waals surface area contributed by atoms with Crippen LogP contribution in [0.3, 0.4) is 0 Å². The molecule has 1 unspecified atom stereocenters. The topological polar surface area (TPSA) is 59.4 Å². The first-order valence-electron chi connectivity index (χ1n) is 5.98. The van der Waals surface area contributed by atoms with Crippen LogP contribution in [0.1, 0.15) is 5.56 Å². The van der Waals surface area contributed by atoms with Gasteiger partial charge in [-0.3, -0.25) is 4.79 Å². The van der Waals surface area contributed by atoms with Crippen LogP contribution in [-0.2, 0) is 20.9 Å². The third-order valence-corrected chi connectivity index (χ3v) is 4.15. The lowest BCUT2D eigenvalue weighted by atomic mass is 10.1. The van der Waals surface area contributed by atoms with E-state index in [4.69, 9.17) is 0 Å². The minimum absolute atomic E-state index is 0.137. The Morgan fingerprint density at radius 2 is 1.90 bits per heavy atom. The lowest BCUT2D eigenvalue weighted by molar-refractivity contribution is -0.117. The molecule has 1 atom stereocenters. The summed E-state index contributed by atoms with van der Waals surface area (Å²) in [6, 6.07) is 7.57. The van der Waals surface area contributed by atoms with Crippen molar-refractivity contribution >= 4 is 15.6 Å². The molecule has 0 fully saturated rings. The summed E-state index contributed by atoms with van der Waals surface area (Å²) < 4.78 is 42.0. The Morgan fingerprint density at radius 1 is 1.24 bits per heavy atom. The predicted octanol–water partition coefficient (Wildman–Crippen LogP) is 2.59. The summed E-state index contributed by atoms with van der Waals surface area (Å²) in [6.45, 7) is 0. The number of aromatic nitrogens is 1. The van der Waals surface area contributed by atoms with Crippen LogP contribution in [0.4, 0.5) is 8.78 Å². The minimum atomic E-state index is -2.97. The Hall–Kier alpha value is -2.15. The van der Waals surface area contributed by atoms with E-state index in [1.54, 1.807) is 12.1 Å². The number of pyridine rings is 1. The standard InChI is InChI=1S/C14H12F2N2O2S/c1-21(20,14-4-2-3-5-17-14)18-13(19)8-10-6-11(15)9-12(16)7-10/h2-7,9H,8H2,1H3. The average molecular weight is 310 g/mol. The van der Waals surface area contributed by atoms with E-state index in [1.165, 1.54) is 18.5 Å². The van der Waals surface area contributed by atoms with Crippen molar-refractivity contribution in [3.8, 4) is 0 Å². The highest BCUT2D eigenvalue weighted by Gasteiger charge is 2.12. The van der Waals surface area contributed by atoms with Gasteiger partial charge in [-0.1, -0.05) is 6.07 Å². The molecule has 4 nitrogen and oxygen atoms in total. The number of rotatable bonds is 3. The molecule has 0 aliphatic carbocycles. The highest BCUT2D eigenvalue weighted by molar-refractivity contribution is 7.93. The van der Waals surface area contributed by atoms with Crippen molar-refractivity contribution in [2.75, 3.05) is 6.26 Å². The first-order valence-corrected chi connectivity index (χ1v) is 7.90. The molecule has 0 saturated heterocycles. The second-order valence-electron chi connectivity index (χ2n) is 4.41. The second-order valence-corrected chi connectivity index (χ2v) is 6.62. The number of carbonyl (C=O) groups is 1. The second kappa shape index (κ2) is 6.09. The first kappa shape index (κ1) is 15.2. The molecule has 2 rings (SSSR count). The summed E-state index contributed by atoms with van der Waals surface area (Å²) in [5.41, 5.74) is 0.137. The van der Waals surface area contributed by atoms with E-state index in [9.17, 15) is 17.8 Å². The zero-order chi connectivity index (χ0) is 15.5. The van der Waals surface area contributed by atoms with E-state index in [0.717, 1.165) is 12.1 Å². The minimum Gasteiger partial charge on any atom is -0.272 e. The molecule has 110 valence electrons. The van der Waals surface area contributed by atoms with Crippen LogP contribution >= 0.6 is 0 Å². The van der Waals surface area contributed by atoms with Crippen molar-refractivity contribution in [3.63, 3.8) is 0 Å². The zero-order valence-electron chi connectivity index (χ0n) is 11.1. The Morgan fingerprint density at radius 3 is 2.48 bits per heavy atom. The Bertz CT molecular complexity index is 765. The van der Waals surface area contributed by atoms with Crippen molar-refractivity contribution in [2.24, 2.45) is 4.36 Å². The monoisotopic (exact) mass is 310 g/mol. The van der Waals surface area contributed by atoms with E-state index < -0.39 is 27.3 Å². The molecule has 7 heteroatoms. The predicted molar refractivity (Wildman–Crippen MR) is 74.1 cm³/mol. The van der Waals surface area contributed by atoms with Gasteiger partial charge in [-0.15, -0.1) is 0 Å². The van der Waals surface area contributed by atoms with Crippen molar-refractivity contribution in [1.82, 2.24) is 4.98 Å². The number of nitrogens with zero attached hydrogens (tertiary/aromatic N) is 2. The Labute approximate surface area is 121 Å². The number of hydrogen-bond donors (Lipinski definition) is 0. The smallest absolute Gasteiger partial charge is 0.258 e. The van der Waals surface area contributed by atoms with E-state index >= 15 is 0 Å². The average Bonchev–Trinajstić information content (AvgIpc) is 2.37. The van der Waals surface area contributed by atoms with Gasteiger partial charge in [-0.25, -0.2) is 18.0 Å². The SMILES string of the molecule is CS(=O)(=NC(=O)Cc1cc(F)cc(F)c1)c1ccccn1. The van der Waals surface area contributed by atoms with Crippen molar-refractivity contribution < 1.29 is 17.8 Å². The molecule has 0 N–H and O–H groups in total. The molecule has 0 saturated carbocycles.